The number of hydrogen-bond acceptors (Lipinski definition) is 7. The van der Waals surface area contributed by atoms with Gasteiger partial charge in [0.25, 0.3) is 4.96 Å². The molecule has 3 aromatic heterocycles. The Hall–Kier alpha value is -2.00. The smallest absolute Gasteiger partial charge is 0.358 e. The number of fused-ring (bicyclic) bond motifs is 1. The molecular weight excluding hydrogens is 310 g/mol. The molecule has 0 spiro atoms. The first kappa shape index (κ1) is 14.0. The van der Waals surface area contributed by atoms with E-state index in [4.69, 9.17) is 0 Å². The molecule has 0 saturated carbocycles. The molecule has 1 unspecified atom stereocenters. The van der Waals surface area contributed by atoms with Gasteiger partial charge in [0.15, 0.2) is 0 Å². The maximum Gasteiger partial charge on any atom is 0.372 e. The molecule has 1 N–H and O–H groups in total. The van der Waals surface area contributed by atoms with Crippen LogP contribution in [0.15, 0.2) is 17.8 Å². The summed E-state index contributed by atoms with van der Waals surface area (Å²) in [7, 11) is 0. The molecule has 3 rings (SSSR count). The van der Waals surface area contributed by atoms with E-state index >= 15 is 0 Å². The molecule has 0 aliphatic rings. The molecule has 0 fully saturated rings. The van der Waals surface area contributed by atoms with Gasteiger partial charge < -0.3 is 15.4 Å². The van der Waals surface area contributed by atoms with Crippen LogP contribution in [0.5, 0.6) is 0 Å². The van der Waals surface area contributed by atoms with Crippen LogP contribution < -0.4 is 5.32 Å². The van der Waals surface area contributed by atoms with Crippen LogP contribution in [0.4, 0.5) is 11.6 Å². The maximum atomic E-state index is 11.3. The van der Waals surface area contributed by atoms with Crippen molar-refractivity contribution in [2.45, 2.75) is 26.3 Å². The van der Waals surface area contributed by atoms with E-state index in [1.54, 1.807) is 22.9 Å². The van der Waals surface area contributed by atoms with Gasteiger partial charge in [0.1, 0.15) is 11.2 Å². The monoisotopic (exact) mass is 323 g/mol. The van der Waals surface area contributed by atoms with Crippen LogP contribution in [-0.4, -0.2) is 19.3 Å². The highest BCUT2D eigenvalue weighted by Gasteiger charge is 2.25. The van der Waals surface area contributed by atoms with E-state index in [1.807, 2.05) is 13.1 Å². The average molecular weight is 323 g/mol. The van der Waals surface area contributed by atoms with E-state index in [9.17, 15) is 10.1 Å². The first-order valence-electron chi connectivity index (χ1n) is 6.41. The summed E-state index contributed by atoms with van der Waals surface area (Å²) in [6.07, 6.45) is 4.43. The lowest BCUT2D eigenvalue weighted by Gasteiger charge is -2.09. The summed E-state index contributed by atoms with van der Waals surface area (Å²) in [6, 6.07) is -0.126. The maximum absolute atomic E-state index is 11.3. The molecule has 3 aromatic rings. The predicted molar refractivity (Wildman–Crippen MR) is 83.3 cm³/mol. The van der Waals surface area contributed by atoms with Crippen molar-refractivity contribution >= 4 is 39.3 Å². The highest BCUT2D eigenvalue weighted by atomic mass is 32.1. The molecule has 0 saturated heterocycles. The molecule has 0 aliphatic heterocycles. The van der Waals surface area contributed by atoms with E-state index in [0.29, 0.717) is 4.96 Å². The summed E-state index contributed by atoms with van der Waals surface area (Å²) in [6.45, 7) is 4.00. The van der Waals surface area contributed by atoms with Gasteiger partial charge in [-0.15, -0.1) is 11.3 Å². The highest BCUT2D eigenvalue weighted by molar-refractivity contribution is 7.15. The van der Waals surface area contributed by atoms with Gasteiger partial charge in [-0.25, -0.2) is 4.98 Å². The molecule has 9 heteroatoms. The van der Waals surface area contributed by atoms with Crippen molar-refractivity contribution in [2.24, 2.45) is 0 Å². The summed E-state index contributed by atoms with van der Waals surface area (Å²) < 4.78 is 1.49. The Morgan fingerprint density at radius 3 is 3.05 bits per heavy atom. The van der Waals surface area contributed by atoms with Crippen LogP contribution in [0.3, 0.4) is 0 Å². The van der Waals surface area contributed by atoms with Crippen LogP contribution in [0, 0.1) is 10.1 Å². The number of rotatable bonds is 5. The normalized spacial score (nSPS) is 12.7. The molecule has 7 nitrogen and oxygen atoms in total. The second-order valence-electron chi connectivity index (χ2n) is 4.48. The quantitative estimate of drug-likeness (QED) is 0.574. The topological polar surface area (TPSA) is 85.4 Å². The second kappa shape index (κ2) is 5.41. The van der Waals surface area contributed by atoms with Crippen molar-refractivity contribution in [3.8, 4) is 0 Å². The van der Waals surface area contributed by atoms with Gasteiger partial charge in [-0.2, -0.15) is 9.38 Å². The number of thiazole rings is 2. The van der Waals surface area contributed by atoms with E-state index in [0.717, 1.165) is 11.4 Å². The van der Waals surface area contributed by atoms with Gasteiger partial charge >= 0.3 is 5.82 Å². The first-order chi connectivity index (χ1) is 10.1. The minimum absolute atomic E-state index is 0.0367. The number of nitrogens with one attached hydrogen (secondary N) is 1. The van der Waals surface area contributed by atoms with E-state index in [-0.39, 0.29) is 17.7 Å². The van der Waals surface area contributed by atoms with Crippen LogP contribution >= 0.6 is 22.7 Å². The number of aromatic nitrogens is 3. The number of aryl methyl sites for hydroxylation is 1. The first-order valence-corrected chi connectivity index (χ1v) is 8.10. The molecule has 0 radical (unpaired) electrons. The number of nitrogens with zero attached hydrogens (tertiary/aromatic N) is 4. The molecular formula is C12H13N5O2S2. The van der Waals surface area contributed by atoms with Crippen molar-refractivity contribution in [1.29, 1.82) is 0 Å². The highest BCUT2D eigenvalue weighted by Crippen LogP contribution is 2.31. The van der Waals surface area contributed by atoms with Gasteiger partial charge in [0.05, 0.1) is 6.04 Å². The van der Waals surface area contributed by atoms with Crippen molar-refractivity contribution in [2.75, 3.05) is 5.32 Å². The van der Waals surface area contributed by atoms with Crippen LogP contribution in [0.25, 0.3) is 4.96 Å². The molecule has 0 aromatic carbocycles. The van der Waals surface area contributed by atoms with E-state index in [2.05, 4.69) is 22.2 Å². The fourth-order valence-electron chi connectivity index (χ4n) is 2.00. The molecule has 0 aliphatic carbocycles. The molecule has 0 amide bonds. The molecule has 1 atom stereocenters. The minimum atomic E-state index is -0.416. The van der Waals surface area contributed by atoms with E-state index in [1.165, 1.54) is 20.6 Å². The summed E-state index contributed by atoms with van der Waals surface area (Å²) in [5.41, 5.74) is 0. The SMILES string of the molecule is CCc1cnc(C(C)Nc2nc3sccn3c2[N+](=O)[O-])s1. The Morgan fingerprint density at radius 1 is 1.57 bits per heavy atom. The Morgan fingerprint density at radius 2 is 2.38 bits per heavy atom. The summed E-state index contributed by atoms with van der Waals surface area (Å²) in [5.74, 6) is 0.248. The Bertz CT molecular complexity index is 791. The van der Waals surface area contributed by atoms with Gasteiger partial charge in [-0.05, 0) is 18.3 Å². The fourth-order valence-corrected chi connectivity index (χ4v) is 3.57. The Labute approximate surface area is 128 Å². The number of nitro groups is 1. The molecule has 21 heavy (non-hydrogen) atoms. The molecule has 3 heterocycles. The summed E-state index contributed by atoms with van der Waals surface area (Å²) in [4.78, 5) is 21.3. The number of imidazole rings is 1. The third-order valence-electron chi connectivity index (χ3n) is 3.05. The lowest BCUT2D eigenvalue weighted by Crippen LogP contribution is -2.08. The summed E-state index contributed by atoms with van der Waals surface area (Å²) in [5, 5.41) is 17.0. The standard InChI is InChI=1S/C12H13N5O2S2/c1-3-8-6-13-10(21-8)7(2)14-9-11(17(18)19)16-4-5-20-12(16)15-9/h4-7,14H,3H2,1-2H3. The number of anilines is 1. The van der Waals surface area contributed by atoms with Crippen molar-refractivity contribution in [3.05, 3.63) is 37.8 Å². The third kappa shape index (κ3) is 2.49. The lowest BCUT2D eigenvalue weighted by atomic mass is 10.3. The van der Waals surface area contributed by atoms with Gasteiger partial charge in [0, 0.05) is 16.5 Å². The fraction of sp³-hybridized carbons (Fsp3) is 0.333. The zero-order valence-electron chi connectivity index (χ0n) is 11.4. The van der Waals surface area contributed by atoms with Crippen molar-refractivity contribution in [1.82, 2.24) is 14.4 Å². The van der Waals surface area contributed by atoms with Crippen molar-refractivity contribution in [3.63, 3.8) is 0 Å². The van der Waals surface area contributed by atoms with Gasteiger partial charge in [-0.3, -0.25) is 0 Å². The molecule has 110 valence electrons. The van der Waals surface area contributed by atoms with Crippen molar-refractivity contribution < 1.29 is 4.92 Å². The number of hydrogen-bond donors (Lipinski definition) is 1. The minimum Gasteiger partial charge on any atom is -0.358 e. The lowest BCUT2D eigenvalue weighted by molar-refractivity contribution is -0.389. The van der Waals surface area contributed by atoms with Crippen LogP contribution in [-0.2, 0) is 6.42 Å². The van der Waals surface area contributed by atoms with Crippen LogP contribution in [0.1, 0.15) is 29.8 Å². The predicted octanol–water partition coefficient (Wildman–Crippen LogP) is 3.50. The van der Waals surface area contributed by atoms with Gasteiger partial charge in [0.2, 0.25) is 5.82 Å². The van der Waals surface area contributed by atoms with Crippen LogP contribution in [0.2, 0.25) is 0 Å². The molecule has 0 bridgehead atoms. The Balaban J connectivity index is 1.91. The summed E-state index contributed by atoms with van der Waals surface area (Å²) >= 11 is 2.97. The van der Waals surface area contributed by atoms with Gasteiger partial charge in [-0.1, -0.05) is 18.3 Å². The largest absolute Gasteiger partial charge is 0.372 e. The second-order valence-corrected chi connectivity index (χ2v) is 6.50. The third-order valence-corrected chi connectivity index (χ3v) is 5.13. The average Bonchev–Trinajstić information content (AvgIpc) is 3.12. The zero-order valence-corrected chi connectivity index (χ0v) is 13.1. The Kier molecular flexibility index (Phi) is 3.60. The zero-order chi connectivity index (χ0) is 15.0. The van der Waals surface area contributed by atoms with E-state index < -0.39 is 4.92 Å².